The number of aromatic nitrogens is 1. The SMILES string of the molecule is Cc1cc(C)n(CC(=O)NCCC(C)C)c(=O)c1C#N. The normalized spacial score (nSPS) is 10.4. The van der Waals surface area contributed by atoms with Crippen LogP contribution < -0.4 is 10.9 Å². The summed E-state index contributed by atoms with van der Waals surface area (Å²) in [4.78, 5) is 23.9. The quantitative estimate of drug-likeness (QED) is 0.884. The number of nitriles is 1. The second-order valence-electron chi connectivity index (χ2n) is 5.38. The van der Waals surface area contributed by atoms with Gasteiger partial charge in [0.2, 0.25) is 5.91 Å². The topological polar surface area (TPSA) is 74.9 Å². The van der Waals surface area contributed by atoms with E-state index in [1.54, 1.807) is 19.9 Å². The van der Waals surface area contributed by atoms with Crippen LogP contribution in [0.25, 0.3) is 0 Å². The van der Waals surface area contributed by atoms with Crippen LogP contribution in [-0.2, 0) is 11.3 Å². The molecule has 5 nitrogen and oxygen atoms in total. The van der Waals surface area contributed by atoms with Gasteiger partial charge in [-0.05, 0) is 37.8 Å². The number of nitrogens with one attached hydrogen (secondary N) is 1. The van der Waals surface area contributed by atoms with Gasteiger partial charge in [0, 0.05) is 12.2 Å². The van der Waals surface area contributed by atoms with Crippen molar-refractivity contribution in [2.75, 3.05) is 6.54 Å². The van der Waals surface area contributed by atoms with Crippen molar-refractivity contribution in [3.8, 4) is 6.07 Å². The fourth-order valence-electron chi connectivity index (χ4n) is 1.96. The molecule has 0 aliphatic rings. The first kappa shape index (κ1) is 16.0. The highest BCUT2D eigenvalue weighted by molar-refractivity contribution is 5.75. The molecule has 0 spiro atoms. The Bertz CT molecular complexity index is 594. The van der Waals surface area contributed by atoms with Gasteiger partial charge in [-0.1, -0.05) is 13.8 Å². The minimum absolute atomic E-state index is 0.0439. The van der Waals surface area contributed by atoms with E-state index in [9.17, 15) is 9.59 Å². The van der Waals surface area contributed by atoms with Crippen molar-refractivity contribution < 1.29 is 4.79 Å². The highest BCUT2D eigenvalue weighted by Crippen LogP contribution is 2.05. The average Bonchev–Trinajstić information content (AvgIpc) is 2.34. The van der Waals surface area contributed by atoms with Crippen molar-refractivity contribution in [1.82, 2.24) is 9.88 Å². The molecule has 1 amide bonds. The molecule has 5 heteroatoms. The number of hydrogen-bond acceptors (Lipinski definition) is 3. The summed E-state index contributed by atoms with van der Waals surface area (Å²) in [6, 6.07) is 3.65. The van der Waals surface area contributed by atoms with Gasteiger partial charge >= 0.3 is 0 Å². The van der Waals surface area contributed by atoms with E-state index in [2.05, 4.69) is 19.2 Å². The molecule has 0 bridgehead atoms. The summed E-state index contributed by atoms with van der Waals surface area (Å²) in [6.45, 7) is 8.20. The van der Waals surface area contributed by atoms with Crippen molar-refractivity contribution in [2.24, 2.45) is 5.92 Å². The van der Waals surface area contributed by atoms with Crippen LogP contribution in [0.5, 0.6) is 0 Å². The Morgan fingerprint density at radius 3 is 2.65 bits per heavy atom. The summed E-state index contributed by atoms with van der Waals surface area (Å²) in [7, 11) is 0. The molecule has 0 fully saturated rings. The molecule has 0 unspecified atom stereocenters. The molecule has 108 valence electrons. The van der Waals surface area contributed by atoms with Crippen molar-refractivity contribution in [1.29, 1.82) is 5.26 Å². The molecule has 20 heavy (non-hydrogen) atoms. The molecule has 0 atom stereocenters. The van der Waals surface area contributed by atoms with Gasteiger partial charge in [-0.25, -0.2) is 0 Å². The Balaban J connectivity index is 2.86. The molecule has 0 saturated carbocycles. The zero-order valence-corrected chi connectivity index (χ0v) is 12.5. The first-order chi connectivity index (χ1) is 9.36. The lowest BCUT2D eigenvalue weighted by atomic mass is 10.1. The minimum Gasteiger partial charge on any atom is -0.355 e. The highest BCUT2D eigenvalue weighted by atomic mass is 16.2. The predicted octanol–water partition coefficient (Wildman–Crippen LogP) is 1.50. The van der Waals surface area contributed by atoms with Crippen LogP contribution in [0, 0.1) is 31.1 Å². The Labute approximate surface area is 119 Å². The maximum absolute atomic E-state index is 12.1. The fraction of sp³-hybridized carbons (Fsp3) is 0.533. The van der Waals surface area contributed by atoms with Crippen molar-refractivity contribution in [3.05, 3.63) is 33.2 Å². The molecule has 0 aromatic carbocycles. The number of carbonyl (C=O) groups is 1. The average molecular weight is 275 g/mol. The Hall–Kier alpha value is -2.09. The van der Waals surface area contributed by atoms with Gasteiger partial charge in [-0.15, -0.1) is 0 Å². The van der Waals surface area contributed by atoms with Gasteiger partial charge in [0.25, 0.3) is 5.56 Å². The van der Waals surface area contributed by atoms with Crippen LogP contribution in [0.15, 0.2) is 10.9 Å². The zero-order chi connectivity index (χ0) is 15.3. The van der Waals surface area contributed by atoms with E-state index in [-0.39, 0.29) is 18.0 Å². The molecule has 0 radical (unpaired) electrons. The van der Waals surface area contributed by atoms with Gasteiger partial charge in [0.05, 0.1) is 0 Å². The lowest BCUT2D eigenvalue weighted by molar-refractivity contribution is -0.121. The lowest BCUT2D eigenvalue weighted by Crippen LogP contribution is -2.35. The minimum atomic E-state index is -0.399. The van der Waals surface area contributed by atoms with E-state index < -0.39 is 5.56 Å². The maximum Gasteiger partial charge on any atom is 0.269 e. The molecule has 0 aliphatic carbocycles. The van der Waals surface area contributed by atoms with Crippen LogP contribution in [0.4, 0.5) is 0 Å². The summed E-state index contributed by atoms with van der Waals surface area (Å²) in [5, 5.41) is 11.8. The first-order valence-electron chi connectivity index (χ1n) is 6.74. The van der Waals surface area contributed by atoms with E-state index in [0.29, 0.717) is 23.7 Å². The predicted molar refractivity (Wildman–Crippen MR) is 77.4 cm³/mol. The summed E-state index contributed by atoms with van der Waals surface area (Å²) < 4.78 is 1.34. The highest BCUT2D eigenvalue weighted by Gasteiger charge is 2.12. The molecule has 1 heterocycles. The van der Waals surface area contributed by atoms with Crippen LogP contribution in [-0.4, -0.2) is 17.0 Å². The Kier molecular flexibility index (Phi) is 5.51. The van der Waals surface area contributed by atoms with Crippen LogP contribution in [0.1, 0.15) is 37.1 Å². The molecule has 1 aromatic rings. The van der Waals surface area contributed by atoms with Gasteiger partial charge in [-0.2, -0.15) is 5.26 Å². The Morgan fingerprint density at radius 1 is 1.45 bits per heavy atom. The number of carbonyl (C=O) groups excluding carboxylic acids is 1. The summed E-state index contributed by atoms with van der Waals surface area (Å²) in [5.41, 5.74) is 1.03. The zero-order valence-electron chi connectivity index (χ0n) is 12.5. The first-order valence-corrected chi connectivity index (χ1v) is 6.74. The largest absolute Gasteiger partial charge is 0.355 e. The number of rotatable bonds is 5. The summed E-state index contributed by atoms with van der Waals surface area (Å²) in [5.74, 6) is 0.313. The van der Waals surface area contributed by atoms with Crippen LogP contribution in [0.2, 0.25) is 0 Å². The van der Waals surface area contributed by atoms with Gasteiger partial charge in [-0.3, -0.25) is 9.59 Å². The van der Waals surface area contributed by atoms with E-state index >= 15 is 0 Å². The molecule has 0 saturated heterocycles. The third-order valence-electron chi connectivity index (χ3n) is 3.16. The third-order valence-corrected chi connectivity index (χ3v) is 3.16. The number of amides is 1. The molecular weight excluding hydrogens is 254 g/mol. The molecule has 1 N–H and O–H groups in total. The number of nitrogens with zero attached hydrogens (tertiary/aromatic N) is 2. The Morgan fingerprint density at radius 2 is 2.10 bits per heavy atom. The molecular formula is C15H21N3O2. The van der Waals surface area contributed by atoms with E-state index in [0.717, 1.165) is 6.42 Å². The third kappa shape index (κ3) is 3.95. The lowest BCUT2D eigenvalue weighted by Gasteiger charge is -2.12. The van der Waals surface area contributed by atoms with Crippen LogP contribution >= 0.6 is 0 Å². The van der Waals surface area contributed by atoms with E-state index in [1.807, 2.05) is 6.07 Å². The molecule has 1 aromatic heterocycles. The molecule has 0 aliphatic heterocycles. The van der Waals surface area contributed by atoms with Gasteiger partial charge in [0.1, 0.15) is 18.2 Å². The van der Waals surface area contributed by atoms with Crippen LogP contribution in [0.3, 0.4) is 0 Å². The van der Waals surface area contributed by atoms with E-state index in [1.165, 1.54) is 4.57 Å². The van der Waals surface area contributed by atoms with Crippen molar-refractivity contribution in [2.45, 2.75) is 40.7 Å². The fourth-order valence-corrected chi connectivity index (χ4v) is 1.96. The monoisotopic (exact) mass is 275 g/mol. The number of pyridine rings is 1. The van der Waals surface area contributed by atoms with E-state index in [4.69, 9.17) is 5.26 Å². The second kappa shape index (κ2) is 6.90. The second-order valence-corrected chi connectivity index (χ2v) is 5.38. The van der Waals surface area contributed by atoms with Crippen molar-refractivity contribution >= 4 is 5.91 Å². The summed E-state index contributed by atoms with van der Waals surface area (Å²) in [6.07, 6.45) is 0.900. The van der Waals surface area contributed by atoms with Gasteiger partial charge in [0.15, 0.2) is 0 Å². The number of hydrogen-bond donors (Lipinski definition) is 1. The molecule has 1 rings (SSSR count). The summed E-state index contributed by atoms with van der Waals surface area (Å²) >= 11 is 0. The number of aryl methyl sites for hydroxylation is 2. The van der Waals surface area contributed by atoms with Gasteiger partial charge < -0.3 is 9.88 Å². The van der Waals surface area contributed by atoms with Crippen molar-refractivity contribution in [3.63, 3.8) is 0 Å². The smallest absolute Gasteiger partial charge is 0.269 e. The standard InChI is InChI=1S/C15H21N3O2/c1-10(2)5-6-17-14(19)9-18-12(4)7-11(3)13(8-16)15(18)20/h7,10H,5-6,9H2,1-4H3,(H,17,19). The maximum atomic E-state index is 12.1.